The first kappa shape index (κ1) is 19.9. The number of carbonyl (C=O) groups is 2. The highest BCUT2D eigenvalue weighted by Crippen LogP contribution is 2.29. The number of aryl methyl sites for hydroxylation is 1. The number of nitrogens with one attached hydrogen (secondary N) is 1. The van der Waals surface area contributed by atoms with E-state index in [1.807, 2.05) is 30.3 Å². The van der Waals surface area contributed by atoms with Crippen molar-refractivity contribution in [3.63, 3.8) is 0 Å². The summed E-state index contributed by atoms with van der Waals surface area (Å²) in [5.74, 6) is 0.386. The van der Waals surface area contributed by atoms with Crippen LogP contribution >= 0.6 is 0 Å². The number of fused-ring (bicyclic) bond motifs is 1. The maximum absolute atomic E-state index is 12.7. The normalized spacial score (nSPS) is 16.2. The van der Waals surface area contributed by atoms with Gasteiger partial charge in [-0.05, 0) is 61.6 Å². The predicted octanol–water partition coefficient (Wildman–Crippen LogP) is 4.88. The Labute approximate surface area is 176 Å². The highest BCUT2D eigenvalue weighted by Gasteiger charge is 2.24. The monoisotopic (exact) mass is 399 g/mol. The van der Waals surface area contributed by atoms with Gasteiger partial charge < -0.3 is 10.1 Å². The zero-order valence-electron chi connectivity index (χ0n) is 17.0. The molecule has 0 fully saturated rings. The van der Waals surface area contributed by atoms with Crippen molar-refractivity contribution in [2.75, 3.05) is 0 Å². The van der Waals surface area contributed by atoms with E-state index in [4.69, 9.17) is 4.74 Å². The van der Waals surface area contributed by atoms with E-state index < -0.39 is 6.10 Å². The van der Waals surface area contributed by atoms with Crippen LogP contribution in [0.25, 0.3) is 0 Å². The number of benzene rings is 3. The summed E-state index contributed by atoms with van der Waals surface area (Å²) in [6, 6.07) is 24.4. The number of amides is 1. The molecule has 0 bridgehead atoms. The largest absolute Gasteiger partial charge is 0.481 e. The van der Waals surface area contributed by atoms with Crippen LogP contribution in [0.15, 0.2) is 78.9 Å². The lowest BCUT2D eigenvalue weighted by molar-refractivity contribution is -0.128. The average molecular weight is 399 g/mol. The second kappa shape index (κ2) is 8.95. The lowest BCUT2D eigenvalue weighted by Gasteiger charge is -2.27. The lowest BCUT2D eigenvalue weighted by atomic mass is 9.87. The van der Waals surface area contributed by atoms with Crippen molar-refractivity contribution in [2.45, 2.75) is 38.3 Å². The van der Waals surface area contributed by atoms with Gasteiger partial charge in [0.1, 0.15) is 5.75 Å². The van der Waals surface area contributed by atoms with Crippen LogP contribution in [0, 0.1) is 0 Å². The number of carbonyl (C=O) groups excluding carboxylic acids is 2. The molecule has 0 radical (unpaired) electrons. The highest BCUT2D eigenvalue weighted by molar-refractivity contribution is 6.09. The summed E-state index contributed by atoms with van der Waals surface area (Å²) in [6.45, 7) is 1.74. The van der Waals surface area contributed by atoms with Crippen LogP contribution in [-0.2, 0) is 11.2 Å². The van der Waals surface area contributed by atoms with Gasteiger partial charge >= 0.3 is 0 Å². The first-order valence-corrected chi connectivity index (χ1v) is 10.4. The van der Waals surface area contributed by atoms with Crippen LogP contribution in [0.5, 0.6) is 5.75 Å². The van der Waals surface area contributed by atoms with Crippen molar-refractivity contribution in [3.05, 3.63) is 101 Å². The summed E-state index contributed by atoms with van der Waals surface area (Å²) in [5, 5.41) is 3.13. The van der Waals surface area contributed by atoms with Gasteiger partial charge in [0.05, 0.1) is 6.04 Å². The molecular formula is C26H25NO3. The van der Waals surface area contributed by atoms with E-state index in [1.54, 1.807) is 43.3 Å². The molecule has 3 aromatic carbocycles. The van der Waals surface area contributed by atoms with Crippen molar-refractivity contribution >= 4 is 11.7 Å². The van der Waals surface area contributed by atoms with Gasteiger partial charge in [0.15, 0.2) is 11.9 Å². The number of rotatable bonds is 6. The Hall–Kier alpha value is -3.40. The minimum atomic E-state index is -0.630. The molecule has 152 valence electrons. The van der Waals surface area contributed by atoms with Gasteiger partial charge in [0, 0.05) is 11.1 Å². The molecule has 0 spiro atoms. The van der Waals surface area contributed by atoms with Gasteiger partial charge in [-0.1, -0.05) is 54.6 Å². The van der Waals surface area contributed by atoms with E-state index in [1.165, 1.54) is 11.1 Å². The Morgan fingerprint density at radius 2 is 1.57 bits per heavy atom. The lowest BCUT2D eigenvalue weighted by Crippen LogP contribution is -2.39. The van der Waals surface area contributed by atoms with Gasteiger partial charge in [-0.25, -0.2) is 0 Å². The Morgan fingerprint density at radius 1 is 0.900 bits per heavy atom. The molecule has 0 saturated carbocycles. The number of hydrogen-bond donors (Lipinski definition) is 1. The van der Waals surface area contributed by atoms with Gasteiger partial charge in [-0.2, -0.15) is 0 Å². The Bertz CT molecular complexity index is 1030. The van der Waals surface area contributed by atoms with Crippen LogP contribution in [0.3, 0.4) is 0 Å². The zero-order valence-corrected chi connectivity index (χ0v) is 17.0. The van der Waals surface area contributed by atoms with Gasteiger partial charge in [0.2, 0.25) is 0 Å². The molecule has 1 aliphatic carbocycles. The van der Waals surface area contributed by atoms with Crippen LogP contribution in [-0.4, -0.2) is 17.8 Å². The van der Waals surface area contributed by atoms with Gasteiger partial charge in [-0.15, -0.1) is 0 Å². The third kappa shape index (κ3) is 4.43. The molecule has 3 aromatic rings. The fourth-order valence-corrected chi connectivity index (χ4v) is 3.89. The van der Waals surface area contributed by atoms with Gasteiger partial charge in [-0.3, -0.25) is 9.59 Å². The van der Waals surface area contributed by atoms with Crippen molar-refractivity contribution in [1.82, 2.24) is 5.32 Å². The molecule has 1 amide bonds. The van der Waals surface area contributed by atoms with E-state index in [0.29, 0.717) is 16.9 Å². The second-order valence-corrected chi connectivity index (χ2v) is 7.63. The van der Waals surface area contributed by atoms with E-state index >= 15 is 0 Å². The summed E-state index contributed by atoms with van der Waals surface area (Å²) in [5.41, 5.74) is 3.74. The Kier molecular flexibility index (Phi) is 5.94. The molecule has 4 rings (SSSR count). The maximum atomic E-state index is 12.7. The quantitative estimate of drug-likeness (QED) is 0.601. The average Bonchev–Trinajstić information content (AvgIpc) is 2.80. The van der Waals surface area contributed by atoms with Crippen molar-refractivity contribution in [3.8, 4) is 5.75 Å². The third-order valence-electron chi connectivity index (χ3n) is 5.52. The minimum absolute atomic E-state index is 0.0272. The third-order valence-corrected chi connectivity index (χ3v) is 5.52. The van der Waals surface area contributed by atoms with Crippen LogP contribution in [0.4, 0.5) is 0 Å². The molecule has 0 unspecified atom stereocenters. The molecule has 0 saturated heterocycles. The summed E-state index contributed by atoms with van der Waals surface area (Å²) in [6.07, 6.45) is 2.43. The van der Waals surface area contributed by atoms with Crippen LogP contribution in [0.1, 0.15) is 52.9 Å². The smallest absolute Gasteiger partial charge is 0.261 e. The number of ether oxygens (including phenoxy) is 1. The maximum Gasteiger partial charge on any atom is 0.261 e. The summed E-state index contributed by atoms with van der Waals surface area (Å²) < 4.78 is 5.82. The summed E-state index contributed by atoms with van der Waals surface area (Å²) in [4.78, 5) is 25.2. The Balaban J connectivity index is 1.37. The van der Waals surface area contributed by atoms with E-state index in [0.717, 1.165) is 19.3 Å². The first-order valence-electron chi connectivity index (χ1n) is 10.4. The number of hydrogen-bond acceptors (Lipinski definition) is 3. The van der Waals surface area contributed by atoms with Crippen molar-refractivity contribution in [2.24, 2.45) is 0 Å². The summed E-state index contributed by atoms with van der Waals surface area (Å²) in [7, 11) is 0. The fourth-order valence-electron chi connectivity index (χ4n) is 3.89. The number of ketones is 1. The van der Waals surface area contributed by atoms with Crippen molar-refractivity contribution in [1.29, 1.82) is 0 Å². The molecule has 0 aliphatic heterocycles. The molecule has 2 atom stereocenters. The molecule has 30 heavy (non-hydrogen) atoms. The molecular weight excluding hydrogens is 374 g/mol. The summed E-state index contributed by atoms with van der Waals surface area (Å²) >= 11 is 0. The fraction of sp³-hybridized carbons (Fsp3) is 0.231. The van der Waals surface area contributed by atoms with Crippen molar-refractivity contribution < 1.29 is 14.3 Å². The van der Waals surface area contributed by atoms with Crippen LogP contribution < -0.4 is 10.1 Å². The first-order chi connectivity index (χ1) is 14.6. The highest BCUT2D eigenvalue weighted by atomic mass is 16.5. The molecule has 4 nitrogen and oxygen atoms in total. The molecule has 4 heteroatoms. The van der Waals surface area contributed by atoms with Gasteiger partial charge in [0.25, 0.3) is 5.91 Å². The standard InChI is InChI=1S/C26H25NO3/c1-18(26(29)27-24-13-7-11-19-8-5-6-12-23(19)24)30-22-16-14-21(15-17-22)25(28)20-9-3-2-4-10-20/h2-6,8-10,12,14-18,24H,7,11,13H2,1H3,(H,27,29)/t18-,24+/m1/s1. The molecule has 0 aromatic heterocycles. The molecule has 1 N–H and O–H groups in total. The topological polar surface area (TPSA) is 55.4 Å². The Morgan fingerprint density at radius 3 is 2.33 bits per heavy atom. The van der Waals surface area contributed by atoms with E-state index in [9.17, 15) is 9.59 Å². The molecule has 0 heterocycles. The second-order valence-electron chi connectivity index (χ2n) is 7.63. The van der Waals surface area contributed by atoms with E-state index in [-0.39, 0.29) is 17.7 Å². The SMILES string of the molecule is C[C@@H](Oc1ccc(C(=O)c2ccccc2)cc1)C(=O)N[C@H]1CCCc2ccccc21. The van der Waals surface area contributed by atoms with Crippen LogP contribution in [0.2, 0.25) is 0 Å². The minimum Gasteiger partial charge on any atom is -0.481 e. The predicted molar refractivity (Wildman–Crippen MR) is 117 cm³/mol. The zero-order chi connectivity index (χ0) is 20.9. The molecule has 1 aliphatic rings. The van der Waals surface area contributed by atoms with E-state index in [2.05, 4.69) is 17.4 Å².